The van der Waals surface area contributed by atoms with Crippen LogP contribution in [0.5, 0.6) is 0 Å². The molecule has 0 radical (unpaired) electrons. The third-order valence-corrected chi connectivity index (χ3v) is 3.26. The van der Waals surface area contributed by atoms with Gasteiger partial charge >= 0.3 is 0 Å². The summed E-state index contributed by atoms with van der Waals surface area (Å²) in [6.07, 6.45) is 2.74. The Morgan fingerprint density at radius 1 is 1.19 bits per heavy atom. The summed E-state index contributed by atoms with van der Waals surface area (Å²) < 4.78 is 0. The Labute approximate surface area is 129 Å². The van der Waals surface area contributed by atoms with E-state index in [1.807, 2.05) is 23.1 Å². The average molecular weight is 287 g/mol. The number of benzene rings is 1. The molecule has 0 bridgehead atoms. The predicted octanol–water partition coefficient (Wildman–Crippen LogP) is 4.76. The zero-order valence-corrected chi connectivity index (χ0v) is 14.3. The molecule has 2 nitrogen and oxygen atoms in total. The van der Waals surface area contributed by atoms with E-state index >= 15 is 0 Å². The summed E-state index contributed by atoms with van der Waals surface area (Å²) in [5.41, 5.74) is 2.42. The fourth-order valence-electron chi connectivity index (χ4n) is 2.26. The van der Waals surface area contributed by atoms with Crippen LogP contribution in [0.15, 0.2) is 35.9 Å². The van der Waals surface area contributed by atoms with E-state index in [1.165, 1.54) is 11.1 Å². The van der Waals surface area contributed by atoms with Crippen molar-refractivity contribution in [2.75, 3.05) is 6.54 Å². The highest BCUT2D eigenvalue weighted by molar-refractivity contribution is 5.77. The van der Waals surface area contributed by atoms with Gasteiger partial charge in [-0.05, 0) is 31.7 Å². The van der Waals surface area contributed by atoms with Crippen molar-refractivity contribution in [1.82, 2.24) is 4.90 Å². The lowest BCUT2D eigenvalue weighted by atomic mass is 9.91. The molecule has 0 aromatic heterocycles. The van der Waals surface area contributed by atoms with E-state index in [0.29, 0.717) is 13.0 Å². The predicted molar refractivity (Wildman–Crippen MR) is 91.0 cm³/mol. The third kappa shape index (κ3) is 6.61. The van der Waals surface area contributed by atoms with E-state index in [2.05, 4.69) is 59.8 Å². The van der Waals surface area contributed by atoms with Crippen LogP contribution in [0.3, 0.4) is 0 Å². The molecule has 0 aliphatic rings. The monoisotopic (exact) mass is 287 g/mol. The highest BCUT2D eigenvalue weighted by Crippen LogP contribution is 2.21. The highest BCUT2D eigenvalue weighted by atomic mass is 16.2. The van der Waals surface area contributed by atoms with E-state index in [9.17, 15) is 4.79 Å². The third-order valence-electron chi connectivity index (χ3n) is 3.26. The zero-order valence-electron chi connectivity index (χ0n) is 14.3. The number of carbonyl (C=O) groups excluding carboxylic acids is 1. The molecule has 0 aliphatic heterocycles. The fourth-order valence-corrected chi connectivity index (χ4v) is 2.26. The molecule has 0 saturated heterocycles. The summed E-state index contributed by atoms with van der Waals surface area (Å²) in [5, 5.41) is 0. The number of rotatable bonds is 5. The molecular weight excluding hydrogens is 258 g/mol. The summed E-state index contributed by atoms with van der Waals surface area (Å²) in [6, 6.07) is 10.5. The van der Waals surface area contributed by atoms with Gasteiger partial charge in [-0.3, -0.25) is 4.79 Å². The van der Waals surface area contributed by atoms with Crippen LogP contribution in [-0.2, 0) is 4.79 Å². The summed E-state index contributed by atoms with van der Waals surface area (Å²) in [5.74, 6) is 0.235. The quantitative estimate of drug-likeness (QED) is 0.764. The van der Waals surface area contributed by atoms with Crippen LogP contribution in [-0.4, -0.2) is 23.4 Å². The summed E-state index contributed by atoms with van der Waals surface area (Å²) in [6.45, 7) is 13.3. The second-order valence-electron chi connectivity index (χ2n) is 7.25. The maximum atomic E-state index is 12.5. The number of hydrogen-bond acceptors (Lipinski definition) is 1. The number of hydrogen-bond donors (Lipinski definition) is 0. The van der Waals surface area contributed by atoms with Crippen molar-refractivity contribution in [3.8, 4) is 0 Å². The minimum absolute atomic E-state index is 0.0290. The molecule has 1 rings (SSSR count). The van der Waals surface area contributed by atoms with Crippen molar-refractivity contribution in [3.63, 3.8) is 0 Å². The van der Waals surface area contributed by atoms with Crippen LogP contribution in [0.25, 0.3) is 6.08 Å². The van der Waals surface area contributed by atoms with Crippen LogP contribution < -0.4 is 0 Å². The van der Waals surface area contributed by atoms with E-state index < -0.39 is 0 Å². The van der Waals surface area contributed by atoms with Gasteiger partial charge in [-0.15, -0.1) is 0 Å². The Kier molecular flexibility index (Phi) is 6.19. The Hall–Kier alpha value is -1.57. The van der Waals surface area contributed by atoms with Gasteiger partial charge in [0.05, 0.1) is 0 Å². The normalized spacial score (nSPS) is 12.6. The van der Waals surface area contributed by atoms with Crippen LogP contribution in [0.2, 0.25) is 0 Å². The molecule has 0 saturated carbocycles. The lowest BCUT2D eigenvalue weighted by Crippen LogP contribution is -2.39. The average Bonchev–Trinajstić information content (AvgIpc) is 2.34. The fraction of sp³-hybridized carbons (Fsp3) is 0.526. The van der Waals surface area contributed by atoms with Gasteiger partial charge in [-0.1, -0.05) is 62.8 Å². The maximum absolute atomic E-state index is 12.5. The van der Waals surface area contributed by atoms with E-state index in [4.69, 9.17) is 0 Å². The SMILES string of the molecule is C/C(=C\c1ccccc1)CN(C(=O)CC(C)(C)C)C(C)C. The standard InChI is InChI=1S/C19H29NO/c1-15(2)20(18(21)13-19(4,5)6)14-16(3)12-17-10-8-7-9-11-17/h7-12,15H,13-14H2,1-6H3/b16-12+. The first-order valence-electron chi connectivity index (χ1n) is 7.71. The largest absolute Gasteiger partial charge is 0.336 e. The highest BCUT2D eigenvalue weighted by Gasteiger charge is 2.23. The Morgan fingerprint density at radius 2 is 1.76 bits per heavy atom. The maximum Gasteiger partial charge on any atom is 0.223 e. The van der Waals surface area contributed by atoms with Crippen molar-refractivity contribution >= 4 is 12.0 Å². The molecule has 1 amide bonds. The minimum atomic E-state index is 0.0290. The van der Waals surface area contributed by atoms with Gasteiger partial charge < -0.3 is 4.90 Å². The van der Waals surface area contributed by atoms with Crippen LogP contribution >= 0.6 is 0 Å². The Bertz CT molecular complexity index is 480. The topological polar surface area (TPSA) is 20.3 Å². The molecule has 0 spiro atoms. The molecule has 0 fully saturated rings. The van der Waals surface area contributed by atoms with E-state index in [1.54, 1.807) is 0 Å². The molecule has 0 N–H and O–H groups in total. The summed E-state index contributed by atoms with van der Waals surface area (Å²) in [4.78, 5) is 14.5. The number of nitrogens with zero attached hydrogens (tertiary/aromatic N) is 1. The molecule has 21 heavy (non-hydrogen) atoms. The van der Waals surface area contributed by atoms with Gasteiger partial charge in [0.25, 0.3) is 0 Å². The van der Waals surface area contributed by atoms with Crippen molar-refractivity contribution in [1.29, 1.82) is 0 Å². The van der Waals surface area contributed by atoms with Crippen LogP contribution in [0.1, 0.15) is 53.5 Å². The van der Waals surface area contributed by atoms with E-state index in [-0.39, 0.29) is 17.4 Å². The zero-order chi connectivity index (χ0) is 16.0. The Balaban J connectivity index is 2.79. The van der Waals surface area contributed by atoms with Gasteiger partial charge in [0, 0.05) is 19.0 Å². The second kappa shape index (κ2) is 7.44. The first-order valence-corrected chi connectivity index (χ1v) is 7.71. The summed E-state index contributed by atoms with van der Waals surface area (Å²) >= 11 is 0. The lowest BCUT2D eigenvalue weighted by Gasteiger charge is -2.30. The van der Waals surface area contributed by atoms with Gasteiger partial charge in [-0.2, -0.15) is 0 Å². The minimum Gasteiger partial charge on any atom is -0.336 e. The van der Waals surface area contributed by atoms with Crippen molar-refractivity contribution in [2.45, 2.75) is 54.0 Å². The molecule has 116 valence electrons. The number of carbonyl (C=O) groups is 1. The molecule has 0 aliphatic carbocycles. The molecule has 0 atom stereocenters. The molecule has 0 unspecified atom stereocenters. The molecular formula is C19H29NO. The van der Waals surface area contributed by atoms with Crippen molar-refractivity contribution in [3.05, 3.63) is 41.5 Å². The van der Waals surface area contributed by atoms with E-state index in [0.717, 1.165) is 0 Å². The second-order valence-corrected chi connectivity index (χ2v) is 7.25. The van der Waals surface area contributed by atoms with Crippen molar-refractivity contribution < 1.29 is 4.79 Å². The van der Waals surface area contributed by atoms with Crippen LogP contribution in [0, 0.1) is 5.41 Å². The molecule has 2 heteroatoms. The van der Waals surface area contributed by atoms with Gasteiger partial charge in [0.1, 0.15) is 0 Å². The molecule has 0 heterocycles. The Morgan fingerprint density at radius 3 is 2.24 bits per heavy atom. The molecule has 1 aromatic rings. The van der Waals surface area contributed by atoms with Crippen molar-refractivity contribution in [2.24, 2.45) is 5.41 Å². The first-order chi connectivity index (χ1) is 9.69. The van der Waals surface area contributed by atoms with Gasteiger partial charge in [0.15, 0.2) is 0 Å². The molecule has 1 aromatic carbocycles. The van der Waals surface area contributed by atoms with Gasteiger partial charge in [-0.25, -0.2) is 0 Å². The first kappa shape index (κ1) is 17.5. The van der Waals surface area contributed by atoms with Gasteiger partial charge in [0.2, 0.25) is 5.91 Å². The summed E-state index contributed by atoms with van der Waals surface area (Å²) in [7, 11) is 0. The number of amides is 1. The van der Waals surface area contributed by atoms with Crippen LogP contribution in [0.4, 0.5) is 0 Å². The lowest BCUT2D eigenvalue weighted by molar-refractivity contribution is -0.134. The smallest absolute Gasteiger partial charge is 0.223 e.